The second-order valence-electron chi connectivity index (χ2n) is 6.99. The molecule has 1 heterocycles. The number of imidazole rings is 1. The first-order valence-corrected chi connectivity index (χ1v) is 9.33. The lowest BCUT2D eigenvalue weighted by atomic mass is 9.96. The highest BCUT2D eigenvalue weighted by molar-refractivity contribution is 6.02. The minimum atomic E-state index is -4.37. The summed E-state index contributed by atoms with van der Waals surface area (Å²) in [4.78, 5) is 19.7. The molecule has 3 aromatic carbocycles. The molecule has 0 bridgehead atoms. The van der Waals surface area contributed by atoms with E-state index in [0.717, 1.165) is 28.5 Å². The van der Waals surface area contributed by atoms with E-state index in [1.54, 1.807) is 24.5 Å². The van der Waals surface area contributed by atoms with Crippen LogP contribution in [0.2, 0.25) is 0 Å². The van der Waals surface area contributed by atoms with Gasteiger partial charge in [-0.15, -0.1) is 0 Å². The molecule has 1 aromatic heterocycles. The number of carbonyl (C=O) groups excluding carboxylic acids is 1. The smallest absolute Gasteiger partial charge is 0.347 e. The molecule has 1 atom stereocenters. The molecular weight excluding hydrogens is 403 g/mol. The Hall–Kier alpha value is -3.61. The molecule has 1 amide bonds. The zero-order valence-corrected chi connectivity index (χ0v) is 16.0. The minimum Gasteiger partial charge on any atom is -0.347 e. The van der Waals surface area contributed by atoms with Crippen LogP contribution in [0, 0.1) is 0 Å². The van der Waals surface area contributed by atoms with Gasteiger partial charge in [0.2, 0.25) is 0 Å². The number of fused-ring (bicyclic) bond motifs is 1. The SMILES string of the molecule is C.CC(NC(=O)c1ccc2c(-c3ccc(C(F)(F)F)cc3)cccc2c1)c1ncc[nH]1. The number of hydrogen-bond donors (Lipinski definition) is 2. The summed E-state index contributed by atoms with van der Waals surface area (Å²) in [6.45, 7) is 1.83. The van der Waals surface area contributed by atoms with E-state index in [-0.39, 0.29) is 19.4 Å². The van der Waals surface area contributed by atoms with Gasteiger partial charge in [0.05, 0.1) is 11.6 Å². The normalized spacial score (nSPS) is 12.3. The predicted molar refractivity (Wildman–Crippen MR) is 116 cm³/mol. The number of carbonyl (C=O) groups is 1. The molecule has 0 aliphatic rings. The van der Waals surface area contributed by atoms with E-state index in [9.17, 15) is 18.0 Å². The number of benzene rings is 3. The van der Waals surface area contributed by atoms with Gasteiger partial charge in [0.15, 0.2) is 0 Å². The van der Waals surface area contributed by atoms with Crippen LogP contribution >= 0.6 is 0 Å². The van der Waals surface area contributed by atoms with Crippen molar-refractivity contribution in [2.75, 3.05) is 0 Å². The largest absolute Gasteiger partial charge is 0.416 e. The van der Waals surface area contributed by atoms with Gasteiger partial charge in [0, 0.05) is 18.0 Å². The number of rotatable bonds is 4. The first kappa shape index (κ1) is 22.1. The zero-order valence-electron chi connectivity index (χ0n) is 16.0. The Labute approximate surface area is 178 Å². The molecule has 31 heavy (non-hydrogen) atoms. The number of hydrogen-bond acceptors (Lipinski definition) is 2. The predicted octanol–water partition coefficient (Wildman–Crippen LogP) is 6.38. The highest BCUT2D eigenvalue weighted by Crippen LogP contribution is 2.33. The number of alkyl halides is 3. The van der Waals surface area contributed by atoms with Crippen molar-refractivity contribution in [3.05, 3.63) is 90.0 Å². The van der Waals surface area contributed by atoms with Gasteiger partial charge in [-0.2, -0.15) is 13.2 Å². The maximum atomic E-state index is 12.8. The van der Waals surface area contributed by atoms with E-state index in [0.29, 0.717) is 17.0 Å². The van der Waals surface area contributed by atoms with Crippen molar-refractivity contribution in [2.24, 2.45) is 0 Å². The van der Waals surface area contributed by atoms with E-state index in [2.05, 4.69) is 15.3 Å². The Balaban J connectivity index is 0.00000272. The molecule has 0 spiro atoms. The molecule has 4 nitrogen and oxygen atoms in total. The molecule has 160 valence electrons. The van der Waals surface area contributed by atoms with Crippen LogP contribution < -0.4 is 5.32 Å². The number of aromatic nitrogens is 2. The summed E-state index contributed by atoms with van der Waals surface area (Å²) in [5.41, 5.74) is 1.29. The summed E-state index contributed by atoms with van der Waals surface area (Å²) < 4.78 is 38.5. The molecule has 0 fully saturated rings. The summed E-state index contributed by atoms with van der Waals surface area (Å²) in [6, 6.07) is 15.6. The Morgan fingerprint density at radius 3 is 2.45 bits per heavy atom. The summed E-state index contributed by atoms with van der Waals surface area (Å²) in [6.07, 6.45) is -1.06. The van der Waals surface area contributed by atoms with Gasteiger partial charge in [0.1, 0.15) is 5.82 Å². The number of nitrogens with one attached hydrogen (secondary N) is 2. The van der Waals surface area contributed by atoms with E-state index in [1.807, 2.05) is 31.2 Å². The molecule has 2 N–H and O–H groups in total. The van der Waals surface area contributed by atoms with Crippen molar-refractivity contribution in [1.82, 2.24) is 15.3 Å². The Morgan fingerprint density at radius 1 is 1.06 bits per heavy atom. The average Bonchev–Trinajstić information content (AvgIpc) is 3.27. The van der Waals surface area contributed by atoms with Crippen LogP contribution in [0.15, 0.2) is 73.1 Å². The summed E-state index contributed by atoms with van der Waals surface area (Å²) in [5, 5.41) is 4.57. The molecule has 4 aromatic rings. The van der Waals surface area contributed by atoms with Gasteiger partial charge in [0.25, 0.3) is 5.91 Å². The first-order chi connectivity index (χ1) is 14.3. The van der Waals surface area contributed by atoms with Crippen molar-refractivity contribution in [3.8, 4) is 11.1 Å². The van der Waals surface area contributed by atoms with E-state index in [1.165, 1.54) is 12.1 Å². The van der Waals surface area contributed by atoms with E-state index in [4.69, 9.17) is 0 Å². The number of nitrogens with zero attached hydrogens (tertiary/aromatic N) is 1. The number of aromatic amines is 1. The van der Waals surface area contributed by atoms with Crippen LogP contribution in [0.5, 0.6) is 0 Å². The molecule has 0 saturated heterocycles. The monoisotopic (exact) mass is 425 g/mol. The highest BCUT2D eigenvalue weighted by Gasteiger charge is 2.30. The fraction of sp³-hybridized carbons (Fsp3) is 0.167. The summed E-state index contributed by atoms with van der Waals surface area (Å²) in [7, 11) is 0. The quantitative estimate of drug-likeness (QED) is 0.399. The molecular formula is C24H22F3N3O. The maximum Gasteiger partial charge on any atom is 0.416 e. The number of H-pyrrole nitrogens is 1. The second kappa shape index (κ2) is 8.63. The lowest BCUT2D eigenvalue weighted by Crippen LogP contribution is -2.27. The number of halogens is 3. The first-order valence-electron chi connectivity index (χ1n) is 9.33. The molecule has 0 saturated carbocycles. The zero-order chi connectivity index (χ0) is 21.3. The second-order valence-corrected chi connectivity index (χ2v) is 6.99. The third kappa shape index (κ3) is 4.60. The molecule has 4 rings (SSSR count). The Morgan fingerprint density at radius 2 is 1.81 bits per heavy atom. The van der Waals surface area contributed by atoms with Gasteiger partial charge in [-0.05, 0) is 53.1 Å². The standard InChI is InChI=1S/C23H18F3N3O.CH4/c1-14(21-27-11-12-28-21)29-22(30)17-7-10-20-16(13-17)3-2-4-19(20)15-5-8-18(9-6-15)23(24,25)26;/h2-14H,1H3,(H,27,28)(H,29,30);1H4. The summed E-state index contributed by atoms with van der Waals surface area (Å²) >= 11 is 0. The van der Waals surface area contributed by atoms with Crippen LogP contribution in [0.4, 0.5) is 13.2 Å². The van der Waals surface area contributed by atoms with Crippen LogP contribution in [-0.4, -0.2) is 15.9 Å². The van der Waals surface area contributed by atoms with Gasteiger partial charge in [-0.3, -0.25) is 4.79 Å². The summed E-state index contributed by atoms with van der Waals surface area (Å²) in [5.74, 6) is 0.425. The highest BCUT2D eigenvalue weighted by atomic mass is 19.4. The third-order valence-electron chi connectivity index (χ3n) is 4.94. The molecule has 0 radical (unpaired) electrons. The topological polar surface area (TPSA) is 57.8 Å². The molecule has 0 aliphatic carbocycles. The third-order valence-corrected chi connectivity index (χ3v) is 4.94. The van der Waals surface area contributed by atoms with Crippen molar-refractivity contribution < 1.29 is 18.0 Å². The van der Waals surface area contributed by atoms with Gasteiger partial charge in [-0.1, -0.05) is 43.8 Å². The lowest BCUT2D eigenvalue weighted by molar-refractivity contribution is -0.137. The van der Waals surface area contributed by atoms with Gasteiger partial charge in [-0.25, -0.2) is 4.98 Å². The minimum absolute atomic E-state index is 0. The maximum absolute atomic E-state index is 12.8. The van der Waals surface area contributed by atoms with Crippen molar-refractivity contribution >= 4 is 16.7 Å². The van der Waals surface area contributed by atoms with Gasteiger partial charge >= 0.3 is 6.18 Å². The molecule has 1 unspecified atom stereocenters. The average molecular weight is 425 g/mol. The fourth-order valence-corrected chi connectivity index (χ4v) is 3.38. The van der Waals surface area contributed by atoms with Gasteiger partial charge < -0.3 is 10.3 Å². The Bertz CT molecular complexity index is 1180. The van der Waals surface area contributed by atoms with Crippen molar-refractivity contribution in [2.45, 2.75) is 26.6 Å². The van der Waals surface area contributed by atoms with Crippen molar-refractivity contribution in [3.63, 3.8) is 0 Å². The van der Waals surface area contributed by atoms with E-state index < -0.39 is 11.7 Å². The van der Waals surface area contributed by atoms with Crippen molar-refractivity contribution in [1.29, 1.82) is 0 Å². The fourth-order valence-electron chi connectivity index (χ4n) is 3.38. The van der Waals surface area contributed by atoms with Crippen LogP contribution in [0.3, 0.4) is 0 Å². The Kier molecular flexibility index (Phi) is 6.15. The molecule has 7 heteroatoms. The molecule has 0 aliphatic heterocycles. The lowest BCUT2D eigenvalue weighted by Gasteiger charge is -2.13. The van der Waals surface area contributed by atoms with Crippen LogP contribution in [0.25, 0.3) is 21.9 Å². The van der Waals surface area contributed by atoms with Crippen LogP contribution in [-0.2, 0) is 6.18 Å². The number of amides is 1. The van der Waals surface area contributed by atoms with E-state index >= 15 is 0 Å². The van der Waals surface area contributed by atoms with Crippen LogP contribution in [0.1, 0.15) is 42.1 Å².